The van der Waals surface area contributed by atoms with Crippen LogP contribution in [0.3, 0.4) is 0 Å². The van der Waals surface area contributed by atoms with E-state index in [0.29, 0.717) is 18.4 Å². The molecule has 0 saturated carbocycles. The third-order valence-electron chi connectivity index (χ3n) is 3.11. The van der Waals surface area contributed by atoms with Crippen LogP contribution in [0.25, 0.3) is 0 Å². The average molecular weight is 236 g/mol. The van der Waals surface area contributed by atoms with Gasteiger partial charge in [-0.25, -0.2) is 0 Å². The molecule has 2 atom stereocenters. The summed E-state index contributed by atoms with van der Waals surface area (Å²) in [4.78, 5) is 0. The second-order valence-corrected chi connectivity index (χ2v) is 4.74. The molecule has 2 unspecified atom stereocenters. The van der Waals surface area contributed by atoms with Gasteiger partial charge in [0.05, 0.1) is 0 Å². The van der Waals surface area contributed by atoms with Crippen LogP contribution in [0.2, 0.25) is 0 Å². The molecule has 1 aromatic carbocycles. The van der Waals surface area contributed by atoms with E-state index in [-0.39, 0.29) is 6.29 Å². The van der Waals surface area contributed by atoms with Crippen LogP contribution in [0.1, 0.15) is 46.1 Å². The number of ether oxygens (including phenoxy) is 2. The van der Waals surface area contributed by atoms with E-state index in [4.69, 9.17) is 9.47 Å². The first-order valence-corrected chi connectivity index (χ1v) is 6.42. The number of benzene rings is 1. The van der Waals surface area contributed by atoms with Gasteiger partial charge in [0.1, 0.15) is 5.75 Å². The lowest BCUT2D eigenvalue weighted by molar-refractivity contribution is -0.0613. The van der Waals surface area contributed by atoms with Crippen molar-refractivity contribution in [3.63, 3.8) is 0 Å². The Balaban J connectivity index is 2.61. The molecule has 1 rings (SSSR count). The second kappa shape index (κ2) is 6.65. The van der Waals surface area contributed by atoms with Gasteiger partial charge in [-0.15, -0.1) is 0 Å². The van der Waals surface area contributed by atoms with E-state index in [0.717, 1.165) is 5.75 Å². The molecule has 0 bridgehead atoms. The summed E-state index contributed by atoms with van der Waals surface area (Å²) in [5.74, 6) is 2.10. The zero-order valence-electron chi connectivity index (χ0n) is 11.6. The zero-order chi connectivity index (χ0) is 12.8. The Bertz CT molecular complexity index is 316. The fraction of sp³-hybridized carbons (Fsp3) is 0.600. The van der Waals surface area contributed by atoms with Gasteiger partial charge < -0.3 is 9.47 Å². The maximum Gasteiger partial charge on any atom is 0.196 e. The number of hydrogen-bond donors (Lipinski definition) is 0. The zero-order valence-corrected chi connectivity index (χ0v) is 11.6. The summed E-state index contributed by atoms with van der Waals surface area (Å²) in [6, 6.07) is 8.31. The topological polar surface area (TPSA) is 18.5 Å². The highest BCUT2D eigenvalue weighted by Gasteiger charge is 2.10. The molecule has 0 amide bonds. The summed E-state index contributed by atoms with van der Waals surface area (Å²) in [6.45, 7) is 11.3. The molecule has 0 N–H and O–H groups in total. The van der Waals surface area contributed by atoms with Crippen molar-refractivity contribution in [1.82, 2.24) is 0 Å². The molecule has 0 heterocycles. The van der Waals surface area contributed by atoms with Gasteiger partial charge in [-0.1, -0.05) is 32.9 Å². The second-order valence-electron chi connectivity index (χ2n) is 4.74. The van der Waals surface area contributed by atoms with E-state index in [2.05, 4.69) is 32.9 Å². The summed E-state index contributed by atoms with van der Waals surface area (Å²) in [5.41, 5.74) is 1.36. The molecule has 17 heavy (non-hydrogen) atoms. The summed E-state index contributed by atoms with van der Waals surface area (Å²) >= 11 is 0. The van der Waals surface area contributed by atoms with E-state index >= 15 is 0 Å². The van der Waals surface area contributed by atoms with Gasteiger partial charge in [0, 0.05) is 6.61 Å². The molecule has 0 aliphatic heterocycles. The van der Waals surface area contributed by atoms with Crippen LogP contribution in [-0.4, -0.2) is 12.9 Å². The molecule has 1 aromatic rings. The van der Waals surface area contributed by atoms with Crippen LogP contribution in [0.5, 0.6) is 5.75 Å². The molecular weight excluding hydrogens is 212 g/mol. The fourth-order valence-corrected chi connectivity index (χ4v) is 1.70. The molecule has 0 aromatic heterocycles. The van der Waals surface area contributed by atoms with Gasteiger partial charge in [0.2, 0.25) is 0 Å². The predicted octanol–water partition coefficient (Wildman–Crippen LogP) is 4.21. The van der Waals surface area contributed by atoms with Gasteiger partial charge in [-0.05, 0) is 43.4 Å². The minimum absolute atomic E-state index is 0.187. The lowest BCUT2D eigenvalue weighted by Crippen LogP contribution is -2.15. The summed E-state index contributed by atoms with van der Waals surface area (Å²) in [5, 5.41) is 0. The van der Waals surface area contributed by atoms with Crippen molar-refractivity contribution < 1.29 is 9.47 Å². The Labute approximate surface area is 105 Å². The fourth-order valence-electron chi connectivity index (χ4n) is 1.70. The molecule has 96 valence electrons. The molecule has 0 aliphatic rings. The molecule has 0 saturated heterocycles. The minimum atomic E-state index is -0.187. The largest absolute Gasteiger partial charge is 0.465 e. The van der Waals surface area contributed by atoms with E-state index in [1.54, 1.807) is 0 Å². The quantitative estimate of drug-likeness (QED) is 0.689. The summed E-state index contributed by atoms with van der Waals surface area (Å²) < 4.78 is 11.0. The highest BCUT2D eigenvalue weighted by atomic mass is 16.7. The van der Waals surface area contributed by atoms with Crippen molar-refractivity contribution in [2.24, 2.45) is 5.92 Å². The van der Waals surface area contributed by atoms with Gasteiger partial charge in [0.25, 0.3) is 0 Å². The molecule has 0 spiro atoms. The first kappa shape index (κ1) is 14.0. The third kappa shape index (κ3) is 4.39. The normalized spacial score (nSPS) is 14.7. The molecule has 0 aliphatic carbocycles. The monoisotopic (exact) mass is 236 g/mol. The van der Waals surface area contributed by atoms with Gasteiger partial charge in [0.15, 0.2) is 6.29 Å². The van der Waals surface area contributed by atoms with Crippen molar-refractivity contribution in [3.8, 4) is 5.75 Å². The lowest BCUT2D eigenvalue weighted by Gasteiger charge is -2.18. The van der Waals surface area contributed by atoms with Crippen LogP contribution < -0.4 is 4.74 Å². The summed E-state index contributed by atoms with van der Waals surface area (Å²) in [7, 11) is 0. The lowest BCUT2D eigenvalue weighted by atomic mass is 9.90. The standard InChI is InChI=1S/C15H24O2/c1-6-16-13(5)17-15-9-7-14(8-10-15)12(4)11(2)3/h7-13H,6H2,1-5H3. The predicted molar refractivity (Wildman–Crippen MR) is 71.4 cm³/mol. The average Bonchev–Trinajstić information content (AvgIpc) is 2.29. The molecule has 2 heteroatoms. The Morgan fingerprint density at radius 3 is 2.06 bits per heavy atom. The Hall–Kier alpha value is -1.02. The van der Waals surface area contributed by atoms with Gasteiger partial charge >= 0.3 is 0 Å². The van der Waals surface area contributed by atoms with Crippen molar-refractivity contribution in [2.45, 2.75) is 46.8 Å². The van der Waals surface area contributed by atoms with Gasteiger partial charge in [-0.2, -0.15) is 0 Å². The number of rotatable bonds is 6. The van der Waals surface area contributed by atoms with E-state index < -0.39 is 0 Å². The van der Waals surface area contributed by atoms with Crippen molar-refractivity contribution in [1.29, 1.82) is 0 Å². The molecular formula is C15H24O2. The maximum atomic E-state index is 5.63. The van der Waals surface area contributed by atoms with E-state index in [1.807, 2.05) is 26.0 Å². The Kier molecular flexibility index (Phi) is 5.49. The minimum Gasteiger partial charge on any atom is -0.465 e. The maximum absolute atomic E-state index is 5.63. The van der Waals surface area contributed by atoms with Crippen LogP contribution in [-0.2, 0) is 4.74 Å². The first-order chi connectivity index (χ1) is 8.04. The van der Waals surface area contributed by atoms with Crippen LogP contribution in [0.15, 0.2) is 24.3 Å². The number of hydrogen-bond acceptors (Lipinski definition) is 2. The Morgan fingerprint density at radius 2 is 1.59 bits per heavy atom. The highest BCUT2D eigenvalue weighted by Crippen LogP contribution is 2.25. The third-order valence-corrected chi connectivity index (χ3v) is 3.11. The SMILES string of the molecule is CCOC(C)Oc1ccc(C(C)C(C)C)cc1. The van der Waals surface area contributed by atoms with E-state index in [9.17, 15) is 0 Å². The van der Waals surface area contributed by atoms with Crippen LogP contribution in [0.4, 0.5) is 0 Å². The van der Waals surface area contributed by atoms with Crippen molar-refractivity contribution >= 4 is 0 Å². The Morgan fingerprint density at radius 1 is 1.00 bits per heavy atom. The van der Waals surface area contributed by atoms with Crippen LogP contribution in [0, 0.1) is 5.92 Å². The highest BCUT2D eigenvalue weighted by molar-refractivity contribution is 5.29. The van der Waals surface area contributed by atoms with Crippen molar-refractivity contribution in [3.05, 3.63) is 29.8 Å². The van der Waals surface area contributed by atoms with E-state index in [1.165, 1.54) is 5.56 Å². The smallest absolute Gasteiger partial charge is 0.196 e. The van der Waals surface area contributed by atoms with Gasteiger partial charge in [-0.3, -0.25) is 0 Å². The first-order valence-electron chi connectivity index (χ1n) is 6.42. The molecule has 0 radical (unpaired) electrons. The van der Waals surface area contributed by atoms with Crippen LogP contribution >= 0.6 is 0 Å². The summed E-state index contributed by atoms with van der Waals surface area (Å²) in [6.07, 6.45) is -0.187. The molecule has 2 nitrogen and oxygen atoms in total. The van der Waals surface area contributed by atoms with Crippen molar-refractivity contribution in [2.75, 3.05) is 6.61 Å². The molecule has 0 fully saturated rings.